The molecular weight excluding hydrogens is 282 g/mol. The first-order chi connectivity index (χ1) is 10.2. The van der Waals surface area contributed by atoms with E-state index in [-0.39, 0.29) is 22.6 Å². The minimum absolute atomic E-state index is 0.0681. The highest BCUT2D eigenvalue weighted by atomic mass is 32.2. The summed E-state index contributed by atoms with van der Waals surface area (Å²) in [6, 6.07) is 10.7. The van der Waals surface area contributed by atoms with Crippen LogP contribution in [0.25, 0.3) is 0 Å². The van der Waals surface area contributed by atoms with Crippen LogP contribution in [0.5, 0.6) is 0 Å². The van der Waals surface area contributed by atoms with Crippen molar-refractivity contribution in [2.24, 2.45) is 5.73 Å². The molecule has 1 aliphatic heterocycles. The number of ether oxygens (including phenoxy) is 1. The summed E-state index contributed by atoms with van der Waals surface area (Å²) in [5.74, 6) is 0.498. The maximum Gasteiger partial charge on any atom is 0.0691 e. The van der Waals surface area contributed by atoms with Gasteiger partial charge in [-0.1, -0.05) is 30.3 Å². The average molecular weight is 307 g/mol. The number of nitrogens with two attached hydrogens (primary N) is 1. The minimum atomic E-state index is -0.886. The van der Waals surface area contributed by atoms with Gasteiger partial charge in [-0.2, -0.15) is 0 Å². The highest BCUT2D eigenvalue weighted by Crippen LogP contribution is 2.36. The van der Waals surface area contributed by atoms with Crippen molar-refractivity contribution in [3.8, 4) is 0 Å². The molecule has 4 heteroatoms. The van der Waals surface area contributed by atoms with Crippen LogP contribution in [-0.4, -0.2) is 33.5 Å². The summed E-state index contributed by atoms with van der Waals surface area (Å²) < 4.78 is 18.5. The van der Waals surface area contributed by atoms with Crippen molar-refractivity contribution in [2.45, 2.75) is 61.2 Å². The predicted molar refractivity (Wildman–Crippen MR) is 86.8 cm³/mol. The van der Waals surface area contributed by atoms with Crippen LogP contribution >= 0.6 is 0 Å². The predicted octanol–water partition coefficient (Wildman–Crippen LogP) is 2.58. The smallest absolute Gasteiger partial charge is 0.0691 e. The molecule has 1 saturated carbocycles. The topological polar surface area (TPSA) is 52.3 Å². The average Bonchev–Trinajstić information content (AvgIpc) is 2.94. The molecule has 1 aromatic carbocycles. The molecular formula is C17H25NO2S. The van der Waals surface area contributed by atoms with E-state index in [2.05, 4.69) is 24.3 Å². The minimum Gasteiger partial charge on any atom is -0.377 e. The quantitative estimate of drug-likeness (QED) is 0.934. The first-order valence-corrected chi connectivity index (χ1v) is 9.26. The highest BCUT2D eigenvalue weighted by Gasteiger charge is 2.39. The number of benzene rings is 1. The molecule has 1 aliphatic carbocycles. The van der Waals surface area contributed by atoms with Gasteiger partial charge >= 0.3 is 0 Å². The first-order valence-electron chi connectivity index (χ1n) is 7.98. The molecule has 1 saturated heterocycles. The summed E-state index contributed by atoms with van der Waals surface area (Å²) in [5, 5.41) is 0.272. The molecule has 2 fully saturated rings. The normalized spacial score (nSPS) is 38.3. The Balaban J connectivity index is 1.73. The zero-order valence-corrected chi connectivity index (χ0v) is 13.4. The Labute approximate surface area is 129 Å². The largest absolute Gasteiger partial charge is 0.377 e. The van der Waals surface area contributed by atoms with E-state index in [1.165, 1.54) is 5.56 Å². The highest BCUT2D eigenvalue weighted by molar-refractivity contribution is 7.86. The van der Waals surface area contributed by atoms with Gasteiger partial charge in [-0.05, 0) is 44.1 Å². The van der Waals surface area contributed by atoms with Gasteiger partial charge in [0, 0.05) is 23.4 Å². The molecule has 0 spiro atoms. The summed E-state index contributed by atoms with van der Waals surface area (Å²) >= 11 is 0. The molecule has 6 atom stereocenters. The Kier molecular flexibility index (Phi) is 4.77. The molecule has 116 valence electrons. The van der Waals surface area contributed by atoms with Crippen LogP contribution in [0.2, 0.25) is 0 Å². The molecule has 1 aromatic rings. The van der Waals surface area contributed by atoms with Crippen molar-refractivity contribution in [1.29, 1.82) is 0 Å². The van der Waals surface area contributed by atoms with Gasteiger partial charge in [0.25, 0.3) is 0 Å². The van der Waals surface area contributed by atoms with E-state index in [9.17, 15) is 4.21 Å². The lowest BCUT2D eigenvalue weighted by Crippen LogP contribution is -2.46. The third kappa shape index (κ3) is 3.22. The Hall–Kier alpha value is -0.710. The lowest BCUT2D eigenvalue weighted by molar-refractivity contribution is 0.126. The van der Waals surface area contributed by atoms with E-state index >= 15 is 0 Å². The molecule has 0 bridgehead atoms. The van der Waals surface area contributed by atoms with Crippen LogP contribution in [0, 0.1) is 0 Å². The fourth-order valence-electron chi connectivity index (χ4n) is 3.69. The summed E-state index contributed by atoms with van der Waals surface area (Å²) in [5.41, 5.74) is 7.66. The summed E-state index contributed by atoms with van der Waals surface area (Å²) in [4.78, 5) is 0. The first kappa shape index (κ1) is 15.2. The maximum atomic E-state index is 12.9. The zero-order valence-electron chi connectivity index (χ0n) is 12.6. The molecule has 21 heavy (non-hydrogen) atoms. The Bertz CT molecular complexity index is 493. The Morgan fingerprint density at radius 1 is 1.14 bits per heavy atom. The second kappa shape index (κ2) is 6.59. The van der Waals surface area contributed by atoms with Gasteiger partial charge < -0.3 is 10.5 Å². The van der Waals surface area contributed by atoms with Crippen LogP contribution in [0.3, 0.4) is 0 Å². The molecule has 0 aromatic heterocycles. The monoisotopic (exact) mass is 307 g/mol. The second-order valence-corrected chi connectivity index (χ2v) is 8.22. The third-order valence-corrected chi connectivity index (χ3v) is 7.37. The SMILES string of the molecule is CC1OCCC1S(=O)C1CC(c2ccccc2)CCC1N. The van der Waals surface area contributed by atoms with Gasteiger partial charge in [0.2, 0.25) is 0 Å². The van der Waals surface area contributed by atoms with Gasteiger partial charge in [-0.25, -0.2) is 0 Å². The fourth-order valence-corrected chi connectivity index (χ4v) is 5.83. The zero-order chi connectivity index (χ0) is 14.8. The molecule has 2 aliphatic rings. The van der Waals surface area contributed by atoms with E-state index in [0.29, 0.717) is 5.92 Å². The van der Waals surface area contributed by atoms with Crippen LogP contribution in [0.1, 0.15) is 44.1 Å². The second-order valence-electron chi connectivity index (χ2n) is 6.35. The standard InChI is InChI=1S/C17H25NO2S/c1-12-16(9-10-20-12)21(19)17-11-14(7-8-15(17)18)13-5-3-2-4-6-13/h2-6,12,14-17H,7-11,18H2,1H3. The molecule has 1 heterocycles. The van der Waals surface area contributed by atoms with Crippen LogP contribution in [0.15, 0.2) is 30.3 Å². The van der Waals surface area contributed by atoms with E-state index in [0.717, 1.165) is 32.3 Å². The Morgan fingerprint density at radius 2 is 1.90 bits per heavy atom. The number of rotatable bonds is 3. The lowest BCUT2D eigenvalue weighted by atomic mass is 9.82. The summed E-state index contributed by atoms with van der Waals surface area (Å²) in [7, 11) is -0.886. The number of hydrogen-bond acceptors (Lipinski definition) is 3. The van der Waals surface area contributed by atoms with Crippen LogP contribution in [-0.2, 0) is 15.5 Å². The van der Waals surface area contributed by atoms with Gasteiger partial charge in [-0.3, -0.25) is 4.21 Å². The van der Waals surface area contributed by atoms with E-state index in [1.807, 2.05) is 13.0 Å². The summed E-state index contributed by atoms with van der Waals surface area (Å²) in [6.07, 6.45) is 4.04. The molecule has 3 rings (SSSR count). The van der Waals surface area contributed by atoms with Gasteiger partial charge in [-0.15, -0.1) is 0 Å². The number of hydrogen-bond donors (Lipinski definition) is 1. The molecule has 0 radical (unpaired) electrons. The Morgan fingerprint density at radius 3 is 2.57 bits per heavy atom. The van der Waals surface area contributed by atoms with Crippen molar-refractivity contribution >= 4 is 10.8 Å². The van der Waals surface area contributed by atoms with Gasteiger partial charge in [0.05, 0.1) is 16.6 Å². The van der Waals surface area contributed by atoms with Crippen molar-refractivity contribution in [1.82, 2.24) is 0 Å². The van der Waals surface area contributed by atoms with E-state index < -0.39 is 10.8 Å². The molecule has 0 amide bonds. The van der Waals surface area contributed by atoms with E-state index in [4.69, 9.17) is 10.5 Å². The van der Waals surface area contributed by atoms with E-state index in [1.54, 1.807) is 0 Å². The molecule has 2 N–H and O–H groups in total. The lowest BCUT2D eigenvalue weighted by Gasteiger charge is -2.35. The van der Waals surface area contributed by atoms with Gasteiger partial charge in [0.15, 0.2) is 0 Å². The fraction of sp³-hybridized carbons (Fsp3) is 0.647. The third-order valence-electron chi connectivity index (χ3n) is 5.02. The molecule has 6 unspecified atom stereocenters. The van der Waals surface area contributed by atoms with Crippen molar-refractivity contribution in [2.75, 3.05) is 6.61 Å². The van der Waals surface area contributed by atoms with Crippen molar-refractivity contribution < 1.29 is 8.95 Å². The maximum absolute atomic E-state index is 12.9. The summed E-state index contributed by atoms with van der Waals surface area (Å²) in [6.45, 7) is 2.78. The molecule has 3 nitrogen and oxygen atoms in total. The van der Waals surface area contributed by atoms with Crippen molar-refractivity contribution in [3.63, 3.8) is 0 Å². The van der Waals surface area contributed by atoms with Crippen LogP contribution < -0.4 is 5.73 Å². The van der Waals surface area contributed by atoms with Crippen LogP contribution in [0.4, 0.5) is 0 Å². The van der Waals surface area contributed by atoms with Crippen molar-refractivity contribution in [3.05, 3.63) is 35.9 Å². The van der Waals surface area contributed by atoms with Gasteiger partial charge in [0.1, 0.15) is 0 Å².